The minimum atomic E-state index is -0.252. The van der Waals surface area contributed by atoms with E-state index in [1.807, 2.05) is 6.92 Å². The van der Waals surface area contributed by atoms with Gasteiger partial charge in [0.1, 0.15) is 5.82 Å². The van der Waals surface area contributed by atoms with E-state index in [0.29, 0.717) is 5.56 Å². The predicted molar refractivity (Wildman–Crippen MR) is 48.4 cm³/mol. The van der Waals surface area contributed by atoms with Gasteiger partial charge < -0.3 is 0 Å². The largest absolute Gasteiger partial charge is 0.207 e. The molecule has 0 saturated heterocycles. The number of benzene rings is 1. The second kappa shape index (κ2) is 3.55. The molecule has 0 aromatic heterocycles. The summed E-state index contributed by atoms with van der Waals surface area (Å²) in [6, 6.07) is 3.15. The molecule has 0 heterocycles. The summed E-state index contributed by atoms with van der Waals surface area (Å²) in [5.41, 5.74) is 1.54. The normalized spacial score (nSPS) is 10.2. The van der Waals surface area contributed by atoms with Gasteiger partial charge in [-0.05, 0) is 18.6 Å². The standard InChI is InChI=1S/C8H7BrClF/c1-5-2-3-7(11)6(4-10)8(5)9/h2-3H,4H2,1H3. The number of hydrogen-bond acceptors (Lipinski definition) is 0. The second-order valence-corrected chi connectivity index (χ2v) is 3.35. The van der Waals surface area contributed by atoms with Gasteiger partial charge in [-0.15, -0.1) is 11.6 Å². The van der Waals surface area contributed by atoms with Crippen LogP contribution in [0.15, 0.2) is 16.6 Å². The summed E-state index contributed by atoms with van der Waals surface area (Å²) in [4.78, 5) is 0. The molecule has 0 N–H and O–H groups in total. The lowest BCUT2D eigenvalue weighted by Crippen LogP contribution is -1.89. The van der Waals surface area contributed by atoms with Crippen LogP contribution in [0.3, 0.4) is 0 Å². The van der Waals surface area contributed by atoms with Crippen molar-refractivity contribution in [2.45, 2.75) is 12.8 Å². The minimum absolute atomic E-state index is 0.202. The summed E-state index contributed by atoms with van der Waals surface area (Å²) in [5.74, 6) is -0.0499. The highest BCUT2D eigenvalue weighted by atomic mass is 79.9. The van der Waals surface area contributed by atoms with Crippen molar-refractivity contribution in [3.05, 3.63) is 33.5 Å². The Kier molecular flexibility index (Phi) is 2.90. The summed E-state index contributed by atoms with van der Waals surface area (Å²) >= 11 is 8.81. The first-order valence-corrected chi connectivity index (χ1v) is 4.49. The van der Waals surface area contributed by atoms with E-state index in [1.54, 1.807) is 6.07 Å². The van der Waals surface area contributed by atoms with Gasteiger partial charge in [-0.3, -0.25) is 0 Å². The van der Waals surface area contributed by atoms with Crippen molar-refractivity contribution in [2.24, 2.45) is 0 Å². The van der Waals surface area contributed by atoms with Gasteiger partial charge in [0.25, 0.3) is 0 Å². The maximum atomic E-state index is 12.9. The van der Waals surface area contributed by atoms with Crippen LogP contribution in [0.5, 0.6) is 0 Å². The minimum Gasteiger partial charge on any atom is -0.207 e. The van der Waals surface area contributed by atoms with Gasteiger partial charge in [0.2, 0.25) is 0 Å². The number of alkyl halides is 1. The Morgan fingerprint density at radius 3 is 2.64 bits per heavy atom. The topological polar surface area (TPSA) is 0 Å². The Bertz CT molecular complexity index is 273. The average molecular weight is 237 g/mol. The highest BCUT2D eigenvalue weighted by molar-refractivity contribution is 9.10. The zero-order chi connectivity index (χ0) is 8.43. The van der Waals surface area contributed by atoms with Gasteiger partial charge >= 0.3 is 0 Å². The third kappa shape index (κ3) is 1.74. The Labute approximate surface area is 78.5 Å². The summed E-state index contributed by atoms with van der Waals surface area (Å²) in [7, 11) is 0. The smallest absolute Gasteiger partial charge is 0.128 e. The molecular weight excluding hydrogens is 230 g/mol. The zero-order valence-corrected chi connectivity index (χ0v) is 8.34. The summed E-state index contributed by atoms with van der Waals surface area (Å²) in [6.07, 6.45) is 0. The van der Waals surface area contributed by atoms with Crippen LogP contribution in [0.1, 0.15) is 11.1 Å². The van der Waals surface area contributed by atoms with Crippen LogP contribution in [0.4, 0.5) is 4.39 Å². The highest BCUT2D eigenvalue weighted by Gasteiger charge is 2.06. The lowest BCUT2D eigenvalue weighted by atomic mass is 10.1. The molecule has 0 amide bonds. The maximum absolute atomic E-state index is 12.9. The molecule has 0 fully saturated rings. The SMILES string of the molecule is Cc1ccc(F)c(CCl)c1Br. The van der Waals surface area contributed by atoms with E-state index in [1.165, 1.54) is 6.07 Å². The zero-order valence-electron chi connectivity index (χ0n) is 6.00. The van der Waals surface area contributed by atoms with Crippen molar-refractivity contribution < 1.29 is 4.39 Å². The van der Waals surface area contributed by atoms with Crippen LogP contribution < -0.4 is 0 Å². The summed E-state index contributed by atoms with van der Waals surface area (Å²) in [5, 5.41) is 0. The first-order chi connectivity index (χ1) is 5.16. The number of halogens is 3. The summed E-state index contributed by atoms with van der Waals surface area (Å²) in [6.45, 7) is 1.90. The molecule has 0 bridgehead atoms. The fraction of sp³-hybridized carbons (Fsp3) is 0.250. The Morgan fingerprint density at radius 1 is 1.55 bits per heavy atom. The first-order valence-electron chi connectivity index (χ1n) is 3.16. The molecule has 1 aromatic carbocycles. The van der Waals surface area contributed by atoms with Crippen molar-refractivity contribution >= 4 is 27.5 Å². The molecule has 3 heteroatoms. The molecule has 0 aliphatic carbocycles. The average Bonchev–Trinajstić information content (AvgIpc) is 1.99. The van der Waals surface area contributed by atoms with Crippen LogP contribution in [0.2, 0.25) is 0 Å². The van der Waals surface area contributed by atoms with Crippen molar-refractivity contribution in [3.8, 4) is 0 Å². The molecule has 0 nitrogen and oxygen atoms in total. The molecule has 1 rings (SSSR count). The molecule has 0 unspecified atom stereocenters. The first kappa shape index (κ1) is 9.01. The van der Waals surface area contributed by atoms with Gasteiger partial charge in [-0.25, -0.2) is 4.39 Å². The third-order valence-corrected chi connectivity index (χ3v) is 2.88. The number of rotatable bonds is 1. The molecule has 0 aliphatic heterocycles. The third-order valence-electron chi connectivity index (χ3n) is 1.51. The molecule has 0 atom stereocenters. The molecule has 0 aliphatic rings. The fourth-order valence-electron chi connectivity index (χ4n) is 0.837. The van der Waals surface area contributed by atoms with Crippen molar-refractivity contribution in [1.82, 2.24) is 0 Å². The molecule has 0 saturated carbocycles. The van der Waals surface area contributed by atoms with Crippen LogP contribution in [-0.4, -0.2) is 0 Å². The van der Waals surface area contributed by atoms with E-state index < -0.39 is 0 Å². The van der Waals surface area contributed by atoms with E-state index in [-0.39, 0.29) is 11.7 Å². The van der Waals surface area contributed by atoms with Crippen LogP contribution >= 0.6 is 27.5 Å². The fourth-order valence-corrected chi connectivity index (χ4v) is 1.72. The second-order valence-electron chi connectivity index (χ2n) is 2.29. The number of aryl methyl sites for hydroxylation is 1. The molecule has 0 spiro atoms. The quantitative estimate of drug-likeness (QED) is 0.654. The molecular formula is C8H7BrClF. The molecule has 1 aromatic rings. The van der Waals surface area contributed by atoms with Crippen molar-refractivity contribution in [2.75, 3.05) is 0 Å². The van der Waals surface area contributed by atoms with Gasteiger partial charge in [0.15, 0.2) is 0 Å². The van der Waals surface area contributed by atoms with Crippen molar-refractivity contribution in [3.63, 3.8) is 0 Å². The summed E-state index contributed by atoms with van der Waals surface area (Å²) < 4.78 is 13.7. The maximum Gasteiger partial charge on any atom is 0.128 e. The predicted octanol–water partition coefficient (Wildman–Crippen LogP) is 3.64. The number of hydrogen-bond donors (Lipinski definition) is 0. The lowest BCUT2D eigenvalue weighted by molar-refractivity contribution is 0.615. The van der Waals surface area contributed by atoms with E-state index in [0.717, 1.165) is 10.0 Å². The van der Waals surface area contributed by atoms with Gasteiger partial charge in [-0.1, -0.05) is 22.0 Å². The Balaban J connectivity index is 3.29. The van der Waals surface area contributed by atoms with Crippen LogP contribution in [0.25, 0.3) is 0 Å². The van der Waals surface area contributed by atoms with E-state index in [2.05, 4.69) is 15.9 Å². The van der Waals surface area contributed by atoms with Crippen LogP contribution in [0, 0.1) is 12.7 Å². The monoisotopic (exact) mass is 236 g/mol. The van der Waals surface area contributed by atoms with E-state index >= 15 is 0 Å². The van der Waals surface area contributed by atoms with Crippen molar-refractivity contribution in [1.29, 1.82) is 0 Å². The van der Waals surface area contributed by atoms with Gasteiger partial charge in [-0.2, -0.15) is 0 Å². The molecule has 0 radical (unpaired) electrons. The van der Waals surface area contributed by atoms with E-state index in [9.17, 15) is 4.39 Å². The van der Waals surface area contributed by atoms with Gasteiger partial charge in [0.05, 0.1) is 5.88 Å². The molecule has 11 heavy (non-hydrogen) atoms. The lowest BCUT2D eigenvalue weighted by Gasteiger charge is -2.04. The van der Waals surface area contributed by atoms with Gasteiger partial charge in [0, 0.05) is 10.0 Å². The molecule has 60 valence electrons. The van der Waals surface area contributed by atoms with Crippen LogP contribution in [-0.2, 0) is 5.88 Å². The Hall–Kier alpha value is -0.0800. The Morgan fingerprint density at radius 2 is 2.18 bits per heavy atom. The van der Waals surface area contributed by atoms with E-state index in [4.69, 9.17) is 11.6 Å². The highest BCUT2D eigenvalue weighted by Crippen LogP contribution is 2.25.